The number of H-pyrrole nitrogens is 1. The summed E-state index contributed by atoms with van der Waals surface area (Å²) in [4.78, 5) is 28.4. The van der Waals surface area contributed by atoms with Gasteiger partial charge < -0.3 is 19.3 Å². The van der Waals surface area contributed by atoms with E-state index < -0.39 is 35.3 Å². The third-order valence-electron chi connectivity index (χ3n) is 9.08. The third-order valence-corrected chi connectivity index (χ3v) is 9.08. The molecule has 1 aliphatic heterocycles. The molecule has 6 aromatic rings. The van der Waals surface area contributed by atoms with Crippen molar-refractivity contribution in [3.05, 3.63) is 170 Å². The van der Waals surface area contributed by atoms with Crippen LogP contribution in [0.15, 0.2) is 131 Å². The lowest BCUT2D eigenvalue weighted by atomic mass is 9.80. The summed E-state index contributed by atoms with van der Waals surface area (Å²) in [5.41, 5.74) is 2.95. The Hall–Kier alpha value is -5.62. The van der Waals surface area contributed by atoms with Crippen LogP contribution in [0, 0.1) is 6.92 Å². The van der Waals surface area contributed by atoms with E-state index in [2.05, 4.69) is 15.3 Å². The Morgan fingerprint density at radius 1 is 0.880 bits per heavy atom. The smallest absolute Gasteiger partial charge is 0.330 e. The Morgan fingerprint density at radius 2 is 1.52 bits per heavy atom. The van der Waals surface area contributed by atoms with E-state index in [0.29, 0.717) is 18.0 Å². The van der Waals surface area contributed by atoms with E-state index in [1.165, 1.54) is 10.8 Å². The number of aromatic nitrogens is 5. The van der Waals surface area contributed by atoms with Crippen molar-refractivity contribution in [1.82, 2.24) is 24.5 Å². The lowest BCUT2D eigenvalue weighted by Crippen LogP contribution is -2.38. The van der Waals surface area contributed by atoms with Crippen molar-refractivity contribution < 1.29 is 19.3 Å². The van der Waals surface area contributed by atoms with Gasteiger partial charge in [0.2, 0.25) is 0 Å². The molecule has 50 heavy (non-hydrogen) atoms. The summed E-state index contributed by atoms with van der Waals surface area (Å²) in [6, 6.07) is 35.5. The van der Waals surface area contributed by atoms with Crippen LogP contribution in [0.25, 0.3) is 11.3 Å². The van der Waals surface area contributed by atoms with Crippen molar-refractivity contribution in [3.63, 3.8) is 0 Å². The van der Waals surface area contributed by atoms with Crippen LogP contribution in [0.3, 0.4) is 0 Å². The van der Waals surface area contributed by atoms with Crippen LogP contribution in [0.1, 0.15) is 40.5 Å². The highest BCUT2D eigenvalue weighted by atomic mass is 16.6. The zero-order valence-electron chi connectivity index (χ0n) is 27.7. The first kappa shape index (κ1) is 32.9. The molecule has 1 aliphatic rings. The fraction of sp³-hybridized carbons (Fsp3) is 0.231. The number of nitrogens with one attached hydrogen (secondary N) is 1. The SMILES string of the molecule is COc1ccc(C(OC[C@H]2O[C@@H](n3cc(-c4cn(Cc5ccc(C)cc5)nn4)c(=O)[nH]c3=O)C[C@@H]2O)(c2ccccc2)c2ccccc2)cc1. The van der Waals surface area contributed by atoms with Gasteiger partial charge in [-0.3, -0.25) is 14.3 Å². The molecule has 7 rings (SSSR count). The van der Waals surface area contributed by atoms with Gasteiger partial charge in [-0.05, 0) is 41.3 Å². The fourth-order valence-electron chi connectivity index (χ4n) is 6.43. The molecule has 1 fully saturated rings. The number of nitrogens with zero attached hydrogens (tertiary/aromatic N) is 4. The topological polar surface area (TPSA) is 133 Å². The number of hydrogen-bond donors (Lipinski definition) is 2. The van der Waals surface area contributed by atoms with E-state index in [-0.39, 0.29) is 18.6 Å². The summed E-state index contributed by atoms with van der Waals surface area (Å²) in [6.07, 6.45) is 0.559. The Morgan fingerprint density at radius 3 is 2.16 bits per heavy atom. The van der Waals surface area contributed by atoms with E-state index in [1.54, 1.807) is 18.0 Å². The molecule has 0 amide bonds. The number of aromatic amines is 1. The Labute approximate surface area is 288 Å². The summed E-state index contributed by atoms with van der Waals surface area (Å²) in [5.74, 6) is 0.709. The van der Waals surface area contributed by atoms with Crippen molar-refractivity contribution in [2.24, 2.45) is 0 Å². The minimum atomic E-state index is -1.07. The number of aliphatic hydroxyl groups excluding tert-OH is 1. The van der Waals surface area contributed by atoms with Crippen molar-refractivity contribution >= 4 is 0 Å². The molecular weight excluding hydrogens is 634 g/mol. The Kier molecular flexibility index (Phi) is 9.27. The molecule has 2 N–H and O–H groups in total. The molecule has 3 atom stereocenters. The second-order valence-electron chi connectivity index (χ2n) is 12.4. The molecule has 1 saturated heterocycles. The number of aryl methyl sites for hydroxylation is 1. The number of aliphatic hydroxyl groups is 1. The van der Waals surface area contributed by atoms with Gasteiger partial charge in [0.1, 0.15) is 29.4 Å². The first-order valence-electron chi connectivity index (χ1n) is 16.4. The molecule has 0 spiro atoms. The van der Waals surface area contributed by atoms with Gasteiger partial charge in [-0.25, -0.2) is 9.48 Å². The molecule has 4 aromatic carbocycles. The summed E-state index contributed by atoms with van der Waals surface area (Å²) in [7, 11) is 1.62. The van der Waals surface area contributed by atoms with Crippen LogP contribution in [0.2, 0.25) is 0 Å². The van der Waals surface area contributed by atoms with E-state index in [4.69, 9.17) is 14.2 Å². The molecule has 0 bridgehead atoms. The average molecular weight is 672 g/mol. The molecule has 11 heteroatoms. The molecule has 0 radical (unpaired) electrons. The molecule has 0 aliphatic carbocycles. The third kappa shape index (κ3) is 6.53. The predicted octanol–water partition coefficient (Wildman–Crippen LogP) is 4.82. The molecule has 254 valence electrons. The first-order chi connectivity index (χ1) is 24.3. The minimum absolute atomic E-state index is 0.00815. The Balaban J connectivity index is 1.16. The number of hydrogen-bond acceptors (Lipinski definition) is 8. The quantitative estimate of drug-likeness (QED) is 0.188. The van der Waals surface area contributed by atoms with Gasteiger partial charge in [-0.1, -0.05) is 108 Å². The van der Waals surface area contributed by atoms with Crippen molar-refractivity contribution in [3.8, 4) is 17.0 Å². The van der Waals surface area contributed by atoms with Gasteiger partial charge in [0, 0.05) is 12.6 Å². The standard InChI is InChI=1S/C39H37N5O6/c1-26-13-15-27(16-14-26)22-43-24-33(41-42-43)32-23-44(38(47)40-37(32)46)36-21-34(45)35(50-36)25-49-39(28-9-5-3-6-10-28,29-11-7-4-8-12-29)30-17-19-31(48-2)20-18-30/h3-20,23-24,34-36,45H,21-22,25H2,1-2H3,(H,40,46,47)/t34-,35+,36+/m0/s1. The van der Waals surface area contributed by atoms with E-state index in [9.17, 15) is 14.7 Å². The number of methoxy groups -OCH3 is 1. The van der Waals surface area contributed by atoms with Gasteiger partial charge >= 0.3 is 5.69 Å². The second kappa shape index (κ2) is 14.1. The van der Waals surface area contributed by atoms with Crippen LogP contribution < -0.4 is 16.0 Å². The molecular formula is C39H37N5O6. The van der Waals surface area contributed by atoms with Gasteiger partial charge in [0.25, 0.3) is 5.56 Å². The van der Waals surface area contributed by atoms with Crippen LogP contribution in [0.4, 0.5) is 0 Å². The first-order valence-corrected chi connectivity index (χ1v) is 16.4. The molecule has 0 saturated carbocycles. The van der Waals surface area contributed by atoms with Crippen molar-refractivity contribution in [2.45, 2.75) is 43.9 Å². The summed E-state index contributed by atoms with van der Waals surface area (Å²) in [6.45, 7) is 2.48. The maximum atomic E-state index is 13.1. The van der Waals surface area contributed by atoms with Gasteiger partial charge in [0.05, 0.1) is 38.1 Å². The largest absolute Gasteiger partial charge is 0.497 e. The van der Waals surface area contributed by atoms with Crippen LogP contribution in [-0.2, 0) is 21.6 Å². The highest BCUT2D eigenvalue weighted by Gasteiger charge is 2.42. The van der Waals surface area contributed by atoms with Crippen LogP contribution in [-0.4, -0.2) is 55.6 Å². The zero-order chi connectivity index (χ0) is 34.7. The average Bonchev–Trinajstić information content (AvgIpc) is 3.76. The lowest BCUT2D eigenvalue weighted by molar-refractivity contribution is -0.0944. The second-order valence-corrected chi connectivity index (χ2v) is 12.4. The number of benzene rings is 4. The molecule has 0 unspecified atom stereocenters. The summed E-state index contributed by atoms with van der Waals surface area (Å²) >= 11 is 0. The molecule has 11 nitrogen and oxygen atoms in total. The van der Waals surface area contributed by atoms with Gasteiger partial charge in [-0.15, -0.1) is 5.10 Å². The van der Waals surface area contributed by atoms with Gasteiger partial charge in [0.15, 0.2) is 0 Å². The fourth-order valence-corrected chi connectivity index (χ4v) is 6.43. The normalized spacial score (nSPS) is 17.5. The highest BCUT2D eigenvalue weighted by molar-refractivity contribution is 5.55. The summed E-state index contributed by atoms with van der Waals surface area (Å²) < 4.78 is 21.6. The molecule has 3 heterocycles. The van der Waals surface area contributed by atoms with Crippen molar-refractivity contribution in [1.29, 1.82) is 0 Å². The maximum absolute atomic E-state index is 13.1. The van der Waals surface area contributed by atoms with E-state index in [0.717, 1.165) is 27.8 Å². The van der Waals surface area contributed by atoms with Crippen molar-refractivity contribution in [2.75, 3.05) is 13.7 Å². The predicted molar refractivity (Wildman–Crippen MR) is 187 cm³/mol. The van der Waals surface area contributed by atoms with Gasteiger partial charge in [-0.2, -0.15) is 0 Å². The Bertz CT molecular complexity index is 2120. The van der Waals surface area contributed by atoms with E-state index in [1.807, 2.05) is 116 Å². The number of ether oxygens (including phenoxy) is 3. The number of rotatable bonds is 11. The summed E-state index contributed by atoms with van der Waals surface area (Å²) in [5, 5.41) is 19.6. The van der Waals surface area contributed by atoms with Crippen LogP contribution >= 0.6 is 0 Å². The zero-order valence-corrected chi connectivity index (χ0v) is 27.7. The van der Waals surface area contributed by atoms with E-state index >= 15 is 0 Å². The lowest BCUT2D eigenvalue weighted by Gasteiger charge is -2.37. The molecule has 2 aromatic heterocycles. The van der Waals surface area contributed by atoms with Crippen LogP contribution in [0.5, 0.6) is 5.75 Å². The minimum Gasteiger partial charge on any atom is -0.497 e. The monoisotopic (exact) mass is 671 g/mol. The maximum Gasteiger partial charge on any atom is 0.330 e. The highest BCUT2D eigenvalue weighted by Crippen LogP contribution is 2.42.